The number of pyridine rings is 3. The van der Waals surface area contributed by atoms with Crippen LogP contribution >= 0.6 is 0 Å². The summed E-state index contributed by atoms with van der Waals surface area (Å²) in [5, 5.41) is 9.28. The van der Waals surface area contributed by atoms with Crippen molar-refractivity contribution in [3.8, 4) is 17.5 Å². The molecular weight excluding hydrogens is 526 g/mol. The van der Waals surface area contributed by atoms with Crippen LogP contribution in [0.2, 0.25) is 0 Å². The minimum Gasteiger partial charge on any atom is -0.383 e. The number of nitrogen functional groups attached to an aromatic ring is 1. The molecule has 42 heavy (non-hydrogen) atoms. The number of nitrogens with one attached hydrogen (secondary N) is 1. The van der Waals surface area contributed by atoms with Gasteiger partial charge in [0.2, 0.25) is 0 Å². The summed E-state index contributed by atoms with van der Waals surface area (Å²) in [4.78, 5) is 36.6. The zero-order chi connectivity index (χ0) is 29.4. The molecule has 0 fully saturated rings. The zero-order valence-corrected chi connectivity index (χ0v) is 23.3. The zero-order valence-electron chi connectivity index (χ0n) is 23.3. The van der Waals surface area contributed by atoms with Crippen LogP contribution < -0.4 is 16.6 Å². The van der Waals surface area contributed by atoms with Gasteiger partial charge in [-0.05, 0) is 67.1 Å². The smallest absolute Gasteiger partial charge is 0.264 e. The molecule has 0 aliphatic rings. The Hall–Kier alpha value is -5.75. The van der Waals surface area contributed by atoms with Crippen LogP contribution in [0.1, 0.15) is 45.8 Å². The van der Waals surface area contributed by atoms with Crippen LogP contribution in [-0.4, -0.2) is 30.2 Å². The van der Waals surface area contributed by atoms with Gasteiger partial charge in [-0.25, -0.2) is 4.98 Å². The molecule has 4 aromatic heterocycles. The molecule has 0 saturated heterocycles. The summed E-state index contributed by atoms with van der Waals surface area (Å²) in [5.41, 5.74) is 9.99. The average molecular weight is 554 g/mol. The number of rotatable bonds is 4. The first-order chi connectivity index (χ1) is 20.3. The SMILES string of the molecule is Cc1ccnc2c(C(=O)NC(C)c3cc4cccc(C#Cc5ccn(C)n5)c4c(=O)n3-c3ccccc3)c(N)ncc12. The molecule has 0 bridgehead atoms. The second-order valence-corrected chi connectivity index (χ2v) is 10.0. The van der Waals surface area contributed by atoms with E-state index in [2.05, 4.69) is 32.2 Å². The van der Waals surface area contributed by atoms with Gasteiger partial charge >= 0.3 is 0 Å². The lowest BCUT2D eigenvalue weighted by Crippen LogP contribution is -2.33. The maximum absolute atomic E-state index is 14.2. The first-order valence-electron chi connectivity index (χ1n) is 13.4. The number of fused-ring (bicyclic) bond motifs is 2. The van der Waals surface area contributed by atoms with E-state index in [0.717, 1.165) is 10.9 Å². The number of hydrogen-bond donors (Lipinski definition) is 2. The highest BCUT2D eigenvalue weighted by Gasteiger charge is 2.23. The van der Waals surface area contributed by atoms with Gasteiger partial charge in [-0.1, -0.05) is 36.3 Å². The molecule has 9 heteroatoms. The minimum absolute atomic E-state index is 0.0837. The Kier molecular flexibility index (Phi) is 6.73. The second kappa shape index (κ2) is 10.7. The van der Waals surface area contributed by atoms with E-state index in [4.69, 9.17) is 5.73 Å². The fourth-order valence-electron chi connectivity index (χ4n) is 5.08. The molecule has 0 saturated carbocycles. The molecular formula is C33H27N7O2. The van der Waals surface area contributed by atoms with Gasteiger partial charge in [-0.3, -0.25) is 23.8 Å². The third-order valence-electron chi connectivity index (χ3n) is 7.18. The summed E-state index contributed by atoms with van der Waals surface area (Å²) in [6, 6.07) is 19.9. The van der Waals surface area contributed by atoms with Crippen LogP contribution in [0, 0.1) is 18.8 Å². The second-order valence-electron chi connectivity index (χ2n) is 10.0. The molecule has 4 heterocycles. The van der Waals surface area contributed by atoms with Crippen molar-refractivity contribution in [1.29, 1.82) is 0 Å². The lowest BCUT2D eigenvalue weighted by molar-refractivity contribution is 0.0941. The molecule has 6 aromatic rings. The van der Waals surface area contributed by atoms with Gasteiger partial charge in [0.15, 0.2) is 0 Å². The molecule has 206 valence electrons. The van der Waals surface area contributed by atoms with Crippen molar-refractivity contribution in [2.45, 2.75) is 19.9 Å². The first-order valence-corrected chi connectivity index (χ1v) is 13.4. The van der Waals surface area contributed by atoms with Crippen LogP contribution in [0.4, 0.5) is 5.82 Å². The van der Waals surface area contributed by atoms with E-state index in [0.29, 0.717) is 38.9 Å². The van der Waals surface area contributed by atoms with Crippen LogP contribution in [0.15, 0.2) is 90.1 Å². The van der Waals surface area contributed by atoms with Gasteiger partial charge in [0.05, 0.1) is 16.9 Å². The Morgan fingerprint density at radius 1 is 1.02 bits per heavy atom. The summed E-state index contributed by atoms with van der Waals surface area (Å²) in [6.07, 6.45) is 5.08. The Morgan fingerprint density at radius 3 is 2.60 bits per heavy atom. The molecule has 1 amide bonds. The van der Waals surface area contributed by atoms with Gasteiger partial charge in [-0.15, -0.1) is 0 Å². The van der Waals surface area contributed by atoms with E-state index in [-0.39, 0.29) is 16.9 Å². The maximum atomic E-state index is 14.2. The van der Waals surface area contributed by atoms with Crippen LogP contribution in [0.25, 0.3) is 27.4 Å². The Morgan fingerprint density at radius 2 is 1.83 bits per heavy atom. The third-order valence-corrected chi connectivity index (χ3v) is 7.18. The fraction of sp³-hybridized carbons (Fsp3) is 0.121. The molecule has 9 nitrogen and oxygen atoms in total. The van der Waals surface area contributed by atoms with Gasteiger partial charge in [-0.2, -0.15) is 5.10 Å². The number of carbonyl (C=O) groups is 1. The van der Waals surface area contributed by atoms with Crippen LogP contribution in [0.5, 0.6) is 0 Å². The van der Waals surface area contributed by atoms with Crippen molar-refractivity contribution in [2.75, 3.05) is 5.73 Å². The lowest BCUT2D eigenvalue weighted by Gasteiger charge is -2.22. The standard InChI is InChI=1S/C33H27N7O2/c1-20-14-16-35-30-26(20)19-36-31(34)29(30)32(41)37-21(2)27-18-23-9-7-8-22(12-13-24-15-17-39(3)38-24)28(23)33(42)40(27)25-10-5-4-6-11-25/h4-11,14-19,21H,1-3H3,(H2,34,36)(H,37,41). The molecule has 6 rings (SSSR count). The Balaban J connectivity index is 1.48. The highest BCUT2D eigenvalue weighted by atomic mass is 16.2. The van der Waals surface area contributed by atoms with E-state index in [1.165, 1.54) is 0 Å². The number of anilines is 1. The van der Waals surface area contributed by atoms with Crippen LogP contribution in [-0.2, 0) is 7.05 Å². The molecule has 0 aliphatic carbocycles. The molecule has 0 spiro atoms. The molecule has 0 radical (unpaired) electrons. The number of aryl methyl sites for hydroxylation is 2. The predicted molar refractivity (Wildman–Crippen MR) is 163 cm³/mol. The van der Waals surface area contributed by atoms with Crippen molar-refractivity contribution in [3.05, 3.63) is 124 Å². The first kappa shape index (κ1) is 26.5. The van der Waals surface area contributed by atoms with Crippen molar-refractivity contribution in [3.63, 3.8) is 0 Å². The summed E-state index contributed by atoms with van der Waals surface area (Å²) >= 11 is 0. The van der Waals surface area contributed by atoms with Crippen molar-refractivity contribution in [2.24, 2.45) is 7.05 Å². The Labute approximate surface area is 241 Å². The number of para-hydroxylation sites is 1. The highest BCUT2D eigenvalue weighted by Crippen LogP contribution is 2.26. The number of amides is 1. The van der Waals surface area contributed by atoms with E-state index in [1.54, 1.807) is 21.6 Å². The number of carbonyl (C=O) groups excluding carboxylic acids is 1. The quantitative estimate of drug-likeness (QED) is 0.311. The molecule has 0 aliphatic heterocycles. The number of benzene rings is 2. The summed E-state index contributed by atoms with van der Waals surface area (Å²) in [5.74, 6) is 5.84. The summed E-state index contributed by atoms with van der Waals surface area (Å²) in [7, 11) is 1.83. The van der Waals surface area contributed by atoms with Crippen LogP contribution in [0.3, 0.4) is 0 Å². The fourth-order valence-corrected chi connectivity index (χ4v) is 5.08. The van der Waals surface area contributed by atoms with Crippen molar-refractivity contribution >= 4 is 33.4 Å². The van der Waals surface area contributed by atoms with Gasteiger partial charge in [0, 0.05) is 48.0 Å². The molecule has 1 unspecified atom stereocenters. The largest absolute Gasteiger partial charge is 0.383 e. The number of nitrogens with two attached hydrogens (primary N) is 1. The van der Waals surface area contributed by atoms with Gasteiger partial charge < -0.3 is 11.1 Å². The lowest BCUT2D eigenvalue weighted by atomic mass is 10.0. The predicted octanol–water partition coefficient (Wildman–Crippen LogP) is 4.45. The summed E-state index contributed by atoms with van der Waals surface area (Å²) in [6.45, 7) is 3.75. The highest BCUT2D eigenvalue weighted by molar-refractivity contribution is 6.09. The number of aromatic nitrogens is 5. The number of hydrogen-bond acceptors (Lipinski definition) is 6. The van der Waals surface area contributed by atoms with E-state index in [1.807, 2.05) is 93.8 Å². The topological polar surface area (TPSA) is 121 Å². The van der Waals surface area contributed by atoms with E-state index in [9.17, 15) is 9.59 Å². The van der Waals surface area contributed by atoms with Gasteiger partial charge in [0.25, 0.3) is 11.5 Å². The molecule has 1 atom stereocenters. The average Bonchev–Trinajstić information content (AvgIpc) is 3.41. The monoisotopic (exact) mass is 553 g/mol. The number of nitrogens with zero attached hydrogens (tertiary/aromatic N) is 5. The maximum Gasteiger partial charge on any atom is 0.264 e. The van der Waals surface area contributed by atoms with Crippen molar-refractivity contribution < 1.29 is 4.79 Å². The molecule has 3 N–H and O–H groups in total. The third kappa shape index (κ3) is 4.75. The minimum atomic E-state index is -0.586. The normalized spacial score (nSPS) is 11.7. The summed E-state index contributed by atoms with van der Waals surface area (Å²) < 4.78 is 3.29. The molecule has 2 aromatic carbocycles. The van der Waals surface area contributed by atoms with E-state index >= 15 is 0 Å². The Bertz CT molecular complexity index is 2120. The van der Waals surface area contributed by atoms with E-state index < -0.39 is 11.9 Å². The van der Waals surface area contributed by atoms with Crippen molar-refractivity contribution in [1.82, 2.24) is 29.6 Å². The van der Waals surface area contributed by atoms with Gasteiger partial charge in [0.1, 0.15) is 17.1 Å².